The van der Waals surface area contributed by atoms with Crippen molar-refractivity contribution in [2.45, 2.75) is 19.5 Å². The number of oxazole rings is 1. The van der Waals surface area contributed by atoms with Crippen LogP contribution in [0.1, 0.15) is 16.7 Å². The van der Waals surface area contributed by atoms with E-state index in [1.54, 1.807) is 36.3 Å². The first kappa shape index (κ1) is 16.2. The van der Waals surface area contributed by atoms with E-state index >= 15 is 0 Å². The highest BCUT2D eigenvalue weighted by Gasteiger charge is 2.23. The van der Waals surface area contributed by atoms with Crippen LogP contribution >= 0.6 is 0 Å². The van der Waals surface area contributed by atoms with Gasteiger partial charge in [-0.15, -0.1) is 0 Å². The van der Waals surface area contributed by atoms with E-state index in [0.717, 1.165) is 11.1 Å². The number of hydrogen-bond acceptors (Lipinski definition) is 4. The summed E-state index contributed by atoms with van der Waals surface area (Å²) in [7, 11) is 1.71. The predicted molar refractivity (Wildman–Crippen MR) is 94.9 cm³/mol. The molecule has 3 aromatic rings. The van der Waals surface area contributed by atoms with Crippen LogP contribution in [-0.2, 0) is 26.6 Å². The Bertz CT molecular complexity index is 1110. The molecule has 26 heavy (non-hydrogen) atoms. The van der Waals surface area contributed by atoms with E-state index in [0.29, 0.717) is 42.7 Å². The van der Waals surface area contributed by atoms with Gasteiger partial charge in [0, 0.05) is 31.9 Å². The van der Waals surface area contributed by atoms with Crippen LogP contribution in [0.4, 0.5) is 4.79 Å². The van der Waals surface area contributed by atoms with Gasteiger partial charge in [0.2, 0.25) is 0 Å². The summed E-state index contributed by atoms with van der Waals surface area (Å²) >= 11 is 0. The Morgan fingerprint density at radius 1 is 1.31 bits per heavy atom. The molecule has 1 aromatic carbocycles. The van der Waals surface area contributed by atoms with Crippen molar-refractivity contribution in [3.05, 3.63) is 68.1 Å². The number of carbonyl (C=O) groups excluding carboxylic acids is 1. The van der Waals surface area contributed by atoms with E-state index < -0.39 is 5.76 Å². The Balaban J connectivity index is 1.45. The zero-order valence-electron chi connectivity index (χ0n) is 14.2. The minimum absolute atomic E-state index is 0.0608. The molecule has 0 radical (unpaired) electrons. The number of pyridine rings is 1. The molecule has 0 aliphatic carbocycles. The number of urea groups is 1. The molecular formula is C18H18N4O4. The van der Waals surface area contributed by atoms with Gasteiger partial charge in [0.05, 0.1) is 12.1 Å². The van der Waals surface area contributed by atoms with Crippen LogP contribution in [0.5, 0.6) is 0 Å². The molecule has 0 atom stereocenters. The van der Waals surface area contributed by atoms with E-state index in [-0.39, 0.29) is 11.6 Å². The fraction of sp³-hybridized carbons (Fsp3) is 0.278. The van der Waals surface area contributed by atoms with Crippen molar-refractivity contribution in [3.63, 3.8) is 0 Å². The maximum absolute atomic E-state index is 12.5. The van der Waals surface area contributed by atoms with Gasteiger partial charge in [-0.3, -0.25) is 9.78 Å². The molecule has 0 spiro atoms. The number of hydrogen-bond donors (Lipinski definition) is 2. The van der Waals surface area contributed by atoms with Crippen LogP contribution < -0.4 is 16.6 Å². The SMILES string of the molecule is Cn1ccc2c(c1=O)CN(C(=O)NCc1ccc3oc(=O)[nH]c3c1)CC2. The summed E-state index contributed by atoms with van der Waals surface area (Å²) in [4.78, 5) is 40.2. The molecule has 2 amide bonds. The second kappa shape index (κ2) is 6.21. The topological polar surface area (TPSA) is 100 Å². The standard InChI is InChI=1S/C18H18N4O4/c1-21-6-4-12-5-7-22(10-13(12)16(21)23)17(24)19-9-11-2-3-15-14(8-11)20-18(25)26-15/h2-4,6,8H,5,7,9-10H2,1H3,(H,19,24)(H,20,25). The highest BCUT2D eigenvalue weighted by atomic mass is 16.4. The number of fused-ring (bicyclic) bond motifs is 2. The molecule has 1 aliphatic rings. The lowest BCUT2D eigenvalue weighted by Gasteiger charge is -2.28. The number of rotatable bonds is 2. The molecule has 3 heterocycles. The molecule has 8 heteroatoms. The highest BCUT2D eigenvalue weighted by molar-refractivity contribution is 5.75. The molecule has 0 saturated carbocycles. The average Bonchev–Trinajstić information content (AvgIpc) is 3.02. The zero-order chi connectivity index (χ0) is 18.3. The number of aromatic amines is 1. The summed E-state index contributed by atoms with van der Waals surface area (Å²) in [6.45, 7) is 1.20. The minimum Gasteiger partial charge on any atom is -0.408 e. The normalized spacial score (nSPS) is 13.7. The first-order chi connectivity index (χ1) is 12.5. The largest absolute Gasteiger partial charge is 0.417 e. The number of benzene rings is 1. The molecule has 1 aliphatic heterocycles. The lowest BCUT2D eigenvalue weighted by molar-refractivity contribution is 0.191. The molecule has 0 fully saturated rings. The van der Waals surface area contributed by atoms with E-state index in [2.05, 4.69) is 10.3 Å². The monoisotopic (exact) mass is 354 g/mol. The van der Waals surface area contributed by atoms with Gasteiger partial charge in [-0.25, -0.2) is 9.59 Å². The summed E-state index contributed by atoms with van der Waals surface area (Å²) in [6.07, 6.45) is 2.42. The fourth-order valence-electron chi connectivity index (χ4n) is 3.22. The van der Waals surface area contributed by atoms with Crippen molar-refractivity contribution in [2.24, 2.45) is 7.05 Å². The van der Waals surface area contributed by atoms with Crippen LogP contribution in [0.3, 0.4) is 0 Å². The van der Waals surface area contributed by atoms with Gasteiger partial charge in [-0.1, -0.05) is 6.07 Å². The summed E-state index contributed by atoms with van der Waals surface area (Å²) in [6, 6.07) is 6.97. The molecule has 4 rings (SSSR count). The summed E-state index contributed by atoms with van der Waals surface area (Å²) in [5.41, 5.74) is 3.54. The quantitative estimate of drug-likeness (QED) is 0.719. The molecule has 0 unspecified atom stereocenters. The first-order valence-electron chi connectivity index (χ1n) is 8.33. The van der Waals surface area contributed by atoms with Crippen molar-refractivity contribution in [1.82, 2.24) is 19.8 Å². The van der Waals surface area contributed by atoms with Gasteiger partial charge >= 0.3 is 11.8 Å². The second-order valence-electron chi connectivity index (χ2n) is 6.41. The third-order valence-corrected chi connectivity index (χ3v) is 4.68. The number of nitrogens with one attached hydrogen (secondary N) is 2. The van der Waals surface area contributed by atoms with Gasteiger partial charge in [-0.05, 0) is 35.7 Å². The van der Waals surface area contributed by atoms with Gasteiger partial charge < -0.3 is 19.2 Å². The molecule has 134 valence electrons. The summed E-state index contributed by atoms with van der Waals surface area (Å²) in [5, 5.41) is 2.86. The predicted octanol–water partition coefficient (Wildman–Crippen LogP) is 1.09. The van der Waals surface area contributed by atoms with Crippen molar-refractivity contribution in [1.29, 1.82) is 0 Å². The molecule has 2 N–H and O–H groups in total. The molecule has 2 aromatic heterocycles. The van der Waals surface area contributed by atoms with Crippen molar-refractivity contribution in [3.8, 4) is 0 Å². The Morgan fingerprint density at radius 3 is 3.00 bits per heavy atom. The van der Waals surface area contributed by atoms with E-state index in [4.69, 9.17) is 4.42 Å². The number of nitrogens with zero attached hydrogens (tertiary/aromatic N) is 2. The van der Waals surface area contributed by atoms with Gasteiger partial charge in [-0.2, -0.15) is 0 Å². The average molecular weight is 354 g/mol. The third-order valence-electron chi connectivity index (χ3n) is 4.68. The highest BCUT2D eigenvalue weighted by Crippen LogP contribution is 2.16. The third kappa shape index (κ3) is 2.90. The van der Waals surface area contributed by atoms with Crippen molar-refractivity contribution in [2.75, 3.05) is 6.54 Å². The smallest absolute Gasteiger partial charge is 0.408 e. The first-order valence-corrected chi connectivity index (χ1v) is 8.33. The Kier molecular flexibility index (Phi) is 3.87. The number of amides is 2. The van der Waals surface area contributed by atoms with E-state index in [9.17, 15) is 14.4 Å². The Labute approximate surface area is 148 Å². The Morgan fingerprint density at radius 2 is 2.15 bits per heavy atom. The van der Waals surface area contributed by atoms with Gasteiger partial charge in [0.1, 0.15) is 0 Å². The van der Waals surface area contributed by atoms with E-state index in [1.165, 1.54) is 4.57 Å². The number of aryl methyl sites for hydroxylation is 1. The molecule has 8 nitrogen and oxygen atoms in total. The van der Waals surface area contributed by atoms with Crippen LogP contribution in [-0.4, -0.2) is 27.0 Å². The fourth-order valence-corrected chi connectivity index (χ4v) is 3.22. The Hall–Kier alpha value is -3.29. The van der Waals surface area contributed by atoms with Gasteiger partial charge in [0.15, 0.2) is 5.58 Å². The van der Waals surface area contributed by atoms with Crippen LogP contribution in [0.2, 0.25) is 0 Å². The summed E-state index contributed by atoms with van der Waals surface area (Å²) in [5.74, 6) is -0.505. The zero-order valence-corrected chi connectivity index (χ0v) is 14.2. The maximum atomic E-state index is 12.5. The number of aromatic nitrogens is 2. The number of carbonyl (C=O) groups is 1. The number of H-pyrrole nitrogens is 1. The summed E-state index contributed by atoms with van der Waals surface area (Å²) < 4.78 is 6.49. The van der Waals surface area contributed by atoms with Crippen molar-refractivity contribution >= 4 is 17.1 Å². The van der Waals surface area contributed by atoms with E-state index in [1.807, 2.05) is 6.07 Å². The van der Waals surface area contributed by atoms with Gasteiger partial charge in [0.25, 0.3) is 5.56 Å². The van der Waals surface area contributed by atoms with Crippen molar-refractivity contribution < 1.29 is 9.21 Å². The minimum atomic E-state index is -0.505. The van der Waals surface area contributed by atoms with Crippen LogP contribution in [0.15, 0.2) is 44.5 Å². The molecule has 0 saturated heterocycles. The van der Waals surface area contributed by atoms with Crippen LogP contribution in [0, 0.1) is 0 Å². The lowest BCUT2D eigenvalue weighted by Crippen LogP contribution is -2.44. The molecular weight excluding hydrogens is 336 g/mol. The molecule has 0 bridgehead atoms. The second-order valence-corrected chi connectivity index (χ2v) is 6.41. The maximum Gasteiger partial charge on any atom is 0.417 e. The van der Waals surface area contributed by atoms with Crippen LogP contribution in [0.25, 0.3) is 11.1 Å². The lowest BCUT2D eigenvalue weighted by atomic mass is 10.0.